The molecule has 0 atom stereocenters. The van der Waals surface area contributed by atoms with Crippen molar-refractivity contribution in [2.45, 2.75) is 69.5 Å². The summed E-state index contributed by atoms with van der Waals surface area (Å²) in [6, 6.07) is 2.92. The molecule has 0 bridgehead atoms. The predicted octanol–water partition coefficient (Wildman–Crippen LogP) is 3.75. The lowest BCUT2D eigenvalue weighted by Gasteiger charge is -2.30. The largest absolute Gasteiger partial charge is 0.297 e. The Balaban J connectivity index is 3.46. The molecule has 0 heterocycles. The van der Waals surface area contributed by atoms with Gasteiger partial charge in [-0.3, -0.25) is 9.80 Å². The zero-order chi connectivity index (χ0) is 16.3. The molecule has 4 heteroatoms. The van der Waals surface area contributed by atoms with Crippen LogP contribution in [0.15, 0.2) is 12.3 Å². The molecule has 0 aliphatic carbocycles. The SMILES string of the molecule is C=C[Si](C)(C)CCCCCCCC[SiH2]C(N(C)C)N(C)C. The molecule has 0 saturated carbocycles. The molecule has 0 radical (unpaired) electrons. The van der Waals surface area contributed by atoms with Gasteiger partial charge in [-0.1, -0.05) is 63.7 Å². The fourth-order valence-corrected chi connectivity index (χ4v) is 6.28. The van der Waals surface area contributed by atoms with Crippen LogP contribution in [0.2, 0.25) is 25.2 Å². The second-order valence-corrected chi connectivity index (χ2v) is 14.5. The van der Waals surface area contributed by atoms with E-state index in [9.17, 15) is 0 Å². The lowest BCUT2D eigenvalue weighted by atomic mass is 10.1. The van der Waals surface area contributed by atoms with Crippen molar-refractivity contribution in [3.8, 4) is 0 Å². The first kappa shape index (κ1) is 21.1. The molecular formula is C17H40N2Si2. The molecule has 0 aromatic rings. The van der Waals surface area contributed by atoms with Gasteiger partial charge in [-0.25, -0.2) is 0 Å². The minimum absolute atomic E-state index is 0.0109. The highest BCUT2D eigenvalue weighted by Crippen LogP contribution is 2.17. The summed E-state index contributed by atoms with van der Waals surface area (Å²) in [6.45, 7) is 8.83. The van der Waals surface area contributed by atoms with Gasteiger partial charge in [0.25, 0.3) is 0 Å². The van der Waals surface area contributed by atoms with Crippen LogP contribution in [-0.4, -0.2) is 61.4 Å². The lowest BCUT2D eigenvalue weighted by Crippen LogP contribution is -2.44. The van der Waals surface area contributed by atoms with E-state index in [0.29, 0.717) is 0 Å². The summed E-state index contributed by atoms with van der Waals surface area (Å²) in [6.07, 6.45) is 8.64. The van der Waals surface area contributed by atoms with Gasteiger partial charge in [-0.05, 0) is 28.2 Å². The number of rotatable bonds is 13. The van der Waals surface area contributed by atoms with E-state index in [0.717, 1.165) is 5.79 Å². The third-order valence-corrected chi connectivity index (χ3v) is 10.2. The molecule has 0 fully saturated rings. The van der Waals surface area contributed by atoms with E-state index in [1.54, 1.807) is 0 Å². The molecule has 0 aliphatic rings. The summed E-state index contributed by atoms with van der Waals surface area (Å²) in [5.74, 6) is 0.732. The zero-order valence-electron chi connectivity index (χ0n) is 15.6. The highest BCUT2D eigenvalue weighted by Gasteiger charge is 2.14. The standard InChI is InChI=1S/C17H40N2Si2/c1-8-21(6,7)16-14-12-10-9-11-13-15-20-17(18(2)3)19(4)5/h8,17H,1,9-16,20H2,2-7H3. The first-order chi connectivity index (χ1) is 9.80. The predicted molar refractivity (Wildman–Crippen MR) is 105 cm³/mol. The molecule has 0 N–H and O–H groups in total. The third-order valence-electron chi connectivity index (χ3n) is 4.53. The van der Waals surface area contributed by atoms with E-state index in [-0.39, 0.29) is 9.52 Å². The molecule has 2 nitrogen and oxygen atoms in total. The summed E-state index contributed by atoms with van der Waals surface area (Å²) >= 11 is 0. The fraction of sp³-hybridized carbons (Fsp3) is 0.882. The van der Waals surface area contributed by atoms with Gasteiger partial charge in [0.05, 0.1) is 17.6 Å². The summed E-state index contributed by atoms with van der Waals surface area (Å²) in [4.78, 5) is 4.77. The van der Waals surface area contributed by atoms with Crippen LogP contribution in [-0.2, 0) is 0 Å². The molecule has 0 saturated heterocycles. The highest BCUT2D eigenvalue weighted by atomic mass is 28.3. The number of hydrogen-bond acceptors (Lipinski definition) is 2. The third kappa shape index (κ3) is 11.3. The van der Waals surface area contributed by atoms with Crippen LogP contribution in [0, 0.1) is 0 Å². The van der Waals surface area contributed by atoms with Crippen molar-refractivity contribution in [2.75, 3.05) is 28.2 Å². The molecule has 0 rings (SSSR count). The minimum Gasteiger partial charge on any atom is -0.297 e. The smallest absolute Gasteiger partial charge is 0.0709 e. The molecule has 0 aromatic carbocycles. The monoisotopic (exact) mass is 328 g/mol. The van der Waals surface area contributed by atoms with Crippen molar-refractivity contribution in [1.82, 2.24) is 9.80 Å². The highest BCUT2D eigenvalue weighted by molar-refractivity contribution is 6.82. The van der Waals surface area contributed by atoms with Crippen LogP contribution in [0.3, 0.4) is 0 Å². The molecular weight excluding hydrogens is 288 g/mol. The Hall–Kier alpha value is 0.0938. The number of nitrogens with zero attached hydrogens (tertiary/aromatic N) is 2. The molecule has 0 spiro atoms. The van der Waals surface area contributed by atoms with Crippen molar-refractivity contribution in [3.05, 3.63) is 12.3 Å². The normalized spacial score (nSPS) is 13.2. The topological polar surface area (TPSA) is 6.48 Å². The van der Waals surface area contributed by atoms with E-state index >= 15 is 0 Å². The number of unbranched alkanes of at least 4 members (excludes halogenated alkanes) is 5. The zero-order valence-corrected chi connectivity index (χ0v) is 18.0. The Morgan fingerprint density at radius 3 is 1.86 bits per heavy atom. The van der Waals surface area contributed by atoms with Crippen molar-refractivity contribution >= 4 is 17.6 Å². The average Bonchev–Trinajstić information content (AvgIpc) is 2.40. The Bertz CT molecular complexity index is 258. The van der Waals surface area contributed by atoms with E-state index in [1.165, 1.54) is 50.6 Å². The second kappa shape index (κ2) is 11.6. The fourth-order valence-electron chi connectivity index (χ4n) is 2.87. The molecule has 0 aromatic heterocycles. The second-order valence-electron chi connectivity index (χ2n) is 7.61. The molecule has 0 amide bonds. The molecule has 21 heavy (non-hydrogen) atoms. The van der Waals surface area contributed by atoms with Gasteiger partial charge in [0.1, 0.15) is 0 Å². The van der Waals surface area contributed by atoms with Gasteiger partial charge >= 0.3 is 0 Å². The van der Waals surface area contributed by atoms with Crippen molar-refractivity contribution in [1.29, 1.82) is 0 Å². The maximum atomic E-state index is 3.98. The summed E-state index contributed by atoms with van der Waals surface area (Å²) < 4.78 is 0. The quantitative estimate of drug-likeness (QED) is 0.288. The lowest BCUT2D eigenvalue weighted by molar-refractivity contribution is 0.200. The van der Waals surface area contributed by atoms with Gasteiger partial charge in [0.2, 0.25) is 0 Å². The molecule has 0 aliphatic heterocycles. The Morgan fingerprint density at radius 1 is 0.905 bits per heavy atom. The van der Waals surface area contributed by atoms with Crippen molar-refractivity contribution in [3.63, 3.8) is 0 Å². The van der Waals surface area contributed by atoms with E-state index in [4.69, 9.17) is 0 Å². The maximum Gasteiger partial charge on any atom is 0.0709 e. The van der Waals surface area contributed by atoms with Crippen molar-refractivity contribution < 1.29 is 0 Å². The van der Waals surface area contributed by atoms with Gasteiger partial charge in [-0.15, -0.1) is 12.3 Å². The van der Waals surface area contributed by atoms with Crippen LogP contribution in [0.4, 0.5) is 0 Å². The van der Waals surface area contributed by atoms with Gasteiger partial charge in [-0.2, -0.15) is 0 Å². The maximum absolute atomic E-state index is 3.98. The Kier molecular flexibility index (Phi) is 11.7. The van der Waals surface area contributed by atoms with Crippen LogP contribution >= 0.6 is 0 Å². The average molecular weight is 329 g/mol. The van der Waals surface area contributed by atoms with Crippen LogP contribution in [0.5, 0.6) is 0 Å². The summed E-state index contributed by atoms with van der Waals surface area (Å²) in [7, 11) is 7.83. The van der Waals surface area contributed by atoms with E-state index < -0.39 is 8.07 Å². The van der Waals surface area contributed by atoms with E-state index in [1.807, 2.05) is 0 Å². The van der Waals surface area contributed by atoms with Gasteiger partial charge in [0, 0.05) is 5.79 Å². The first-order valence-corrected chi connectivity index (χ1v) is 13.9. The molecule has 0 unspecified atom stereocenters. The van der Waals surface area contributed by atoms with Crippen LogP contribution in [0.1, 0.15) is 38.5 Å². The van der Waals surface area contributed by atoms with Crippen molar-refractivity contribution in [2.24, 2.45) is 0 Å². The van der Waals surface area contributed by atoms with E-state index in [2.05, 4.69) is 63.4 Å². The summed E-state index contributed by atoms with van der Waals surface area (Å²) in [5, 5.41) is 0. The number of hydrogen-bond donors (Lipinski definition) is 0. The van der Waals surface area contributed by atoms with Crippen LogP contribution < -0.4 is 0 Å². The minimum atomic E-state index is -1.03. The molecule has 126 valence electrons. The van der Waals surface area contributed by atoms with Gasteiger partial charge in [0.15, 0.2) is 0 Å². The first-order valence-electron chi connectivity index (χ1n) is 8.76. The Labute approximate surface area is 137 Å². The van der Waals surface area contributed by atoms with Gasteiger partial charge < -0.3 is 0 Å². The summed E-state index contributed by atoms with van der Waals surface area (Å²) in [5.41, 5.74) is 2.24. The van der Waals surface area contributed by atoms with Crippen LogP contribution in [0.25, 0.3) is 0 Å². The Morgan fingerprint density at radius 2 is 1.38 bits per heavy atom.